The molecule has 1 aliphatic rings. The third-order valence-corrected chi connectivity index (χ3v) is 5.28. The van der Waals surface area contributed by atoms with Crippen LogP contribution in [0.2, 0.25) is 0 Å². The van der Waals surface area contributed by atoms with Gasteiger partial charge in [0.2, 0.25) is 5.91 Å². The lowest BCUT2D eigenvalue weighted by Crippen LogP contribution is -2.44. The van der Waals surface area contributed by atoms with Gasteiger partial charge < -0.3 is 10.6 Å². The molecule has 0 radical (unpaired) electrons. The molecule has 1 heterocycles. The summed E-state index contributed by atoms with van der Waals surface area (Å²) in [7, 11) is 1.90. The third kappa shape index (κ3) is 3.37. The van der Waals surface area contributed by atoms with E-state index in [9.17, 15) is 4.79 Å². The molecule has 0 saturated heterocycles. The monoisotopic (exact) mass is 280 g/mol. The van der Waals surface area contributed by atoms with Crippen molar-refractivity contribution < 1.29 is 4.79 Å². The SMILES string of the molecule is CN(C(=O)C(N)c1cccs1)C1CCC(C)(C)CC1. The summed E-state index contributed by atoms with van der Waals surface area (Å²) >= 11 is 1.55. The second kappa shape index (κ2) is 5.63. The standard InChI is InChI=1S/C15H24N2OS/c1-15(2)8-6-11(7-9-15)17(3)14(18)13(16)12-5-4-10-19-12/h4-5,10-11,13H,6-9,16H2,1-3H3. The van der Waals surface area contributed by atoms with Crippen molar-refractivity contribution in [1.29, 1.82) is 0 Å². The molecule has 4 heteroatoms. The Balaban J connectivity index is 1.96. The zero-order chi connectivity index (χ0) is 14.0. The molecular formula is C15H24N2OS. The van der Waals surface area contributed by atoms with E-state index in [1.54, 1.807) is 11.3 Å². The summed E-state index contributed by atoms with van der Waals surface area (Å²) < 4.78 is 0. The van der Waals surface area contributed by atoms with Gasteiger partial charge in [-0.15, -0.1) is 11.3 Å². The van der Waals surface area contributed by atoms with Crippen LogP contribution >= 0.6 is 11.3 Å². The van der Waals surface area contributed by atoms with Gasteiger partial charge in [0.15, 0.2) is 0 Å². The average molecular weight is 280 g/mol. The van der Waals surface area contributed by atoms with E-state index in [1.807, 2.05) is 29.5 Å². The minimum Gasteiger partial charge on any atom is -0.341 e. The summed E-state index contributed by atoms with van der Waals surface area (Å²) in [4.78, 5) is 15.2. The minimum absolute atomic E-state index is 0.0483. The van der Waals surface area contributed by atoms with Crippen LogP contribution in [0.15, 0.2) is 17.5 Å². The summed E-state index contributed by atoms with van der Waals surface area (Å²) in [6.45, 7) is 4.62. The molecule has 1 unspecified atom stereocenters. The number of hydrogen-bond acceptors (Lipinski definition) is 3. The highest BCUT2D eigenvalue weighted by Crippen LogP contribution is 2.37. The molecule has 1 fully saturated rings. The van der Waals surface area contributed by atoms with Crippen LogP contribution < -0.4 is 5.73 Å². The van der Waals surface area contributed by atoms with Crippen molar-refractivity contribution in [3.05, 3.63) is 22.4 Å². The van der Waals surface area contributed by atoms with E-state index in [2.05, 4.69) is 13.8 Å². The minimum atomic E-state index is -0.500. The van der Waals surface area contributed by atoms with Crippen molar-refractivity contribution in [1.82, 2.24) is 4.90 Å². The Morgan fingerprint density at radius 3 is 2.63 bits per heavy atom. The summed E-state index contributed by atoms with van der Waals surface area (Å²) in [5.74, 6) is 0.0483. The van der Waals surface area contributed by atoms with Crippen LogP contribution in [0, 0.1) is 5.41 Å². The molecule has 0 aliphatic heterocycles. The van der Waals surface area contributed by atoms with E-state index in [1.165, 1.54) is 12.8 Å². The van der Waals surface area contributed by atoms with Gasteiger partial charge in [-0.2, -0.15) is 0 Å². The van der Waals surface area contributed by atoms with Gasteiger partial charge in [-0.3, -0.25) is 4.79 Å². The zero-order valence-electron chi connectivity index (χ0n) is 12.1. The fourth-order valence-corrected chi connectivity index (χ4v) is 3.48. The average Bonchev–Trinajstić information content (AvgIpc) is 2.90. The molecule has 1 aromatic rings. The lowest BCUT2D eigenvalue weighted by molar-refractivity contribution is -0.134. The Morgan fingerprint density at radius 1 is 1.47 bits per heavy atom. The molecule has 2 rings (SSSR count). The van der Waals surface area contributed by atoms with Crippen molar-refractivity contribution in [3.8, 4) is 0 Å². The Bertz CT molecular complexity index is 417. The summed E-state index contributed by atoms with van der Waals surface area (Å²) in [6.07, 6.45) is 4.55. The number of hydrogen-bond donors (Lipinski definition) is 1. The first-order chi connectivity index (χ1) is 8.91. The highest BCUT2D eigenvalue weighted by atomic mass is 32.1. The molecule has 0 aromatic carbocycles. The molecule has 0 spiro atoms. The van der Waals surface area contributed by atoms with E-state index in [4.69, 9.17) is 5.73 Å². The van der Waals surface area contributed by atoms with E-state index in [-0.39, 0.29) is 5.91 Å². The number of likely N-dealkylation sites (N-methyl/N-ethyl adjacent to an activating group) is 1. The molecule has 19 heavy (non-hydrogen) atoms. The normalized spacial score (nSPS) is 21.1. The fraction of sp³-hybridized carbons (Fsp3) is 0.667. The van der Waals surface area contributed by atoms with Gasteiger partial charge >= 0.3 is 0 Å². The topological polar surface area (TPSA) is 46.3 Å². The van der Waals surface area contributed by atoms with Crippen LogP contribution in [-0.2, 0) is 4.79 Å². The largest absolute Gasteiger partial charge is 0.341 e. The van der Waals surface area contributed by atoms with Gasteiger partial charge in [0, 0.05) is 18.0 Å². The number of carbonyl (C=O) groups is 1. The molecule has 1 aliphatic carbocycles. The van der Waals surface area contributed by atoms with Crippen LogP contribution in [0.4, 0.5) is 0 Å². The zero-order valence-corrected chi connectivity index (χ0v) is 12.9. The maximum atomic E-state index is 12.4. The molecule has 1 amide bonds. The summed E-state index contributed by atoms with van der Waals surface area (Å²) in [6, 6.07) is 3.73. The highest BCUT2D eigenvalue weighted by Gasteiger charge is 2.32. The van der Waals surface area contributed by atoms with E-state index in [0.29, 0.717) is 11.5 Å². The third-order valence-electron chi connectivity index (χ3n) is 4.32. The van der Waals surface area contributed by atoms with E-state index in [0.717, 1.165) is 17.7 Å². The van der Waals surface area contributed by atoms with Crippen LogP contribution in [-0.4, -0.2) is 23.9 Å². The van der Waals surface area contributed by atoms with Gasteiger partial charge in [-0.05, 0) is 42.5 Å². The first-order valence-electron chi connectivity index (χ1n) is 6.96. The Labute approximate surface area is 119 Å². The van der Waals surface area contributed by atoms with Gasteiger partial charge in [0.1, 0.15) is 6.04 Å². The number of thiophene rings is 1. The Kier molecular flexibility index (Phi) is 4.31. The summed E-state index contributed by atoms with van der Waals surface area (Å²) in [5, 5.41) is 1.96. The second-order valence-corrected chi connectivity index (χ2v) is 7.32. The highest BCUT2D eigenvalue weighted by molar-refractivity contribution is 7.10. The Hall–Kier alpha value is -0.870. The van der Waals surface area contributed by atoms with Crippen LogP contribution in [0.3, 0.4) is 0 Å². The fourth-order valence-electron chi connectivity index (χ4n) is 2.76. The van der Waals surface area contributed by atoms with Crippen molar-refractivity contribution in [3.63, 3.8) is 0 Å². The van der Waals surface area contributed by atoms with Crippen molar-refractivity contribution in [2.45, 2.75) is 51.6 Å². The van der Waals surface area contributed by atoms with Crippen LogP contribution in [0.1, 0.15) is 50.4 Å². The molecule has 106 valence electrons. The van der Waals surface area contributed by atoms with Crippen LogP contribution in [0.5, 0.6) is 0 Å². The van der Waals surface area contributed by atoms with Crippen molar-refractivity contribution in [2.24, 2.45) is 11.1 Å². The van der Waals surface area contributed by atoms with E-state index < -0.39 is 6.04 Å². The molecule has 1 saturated carbocycles. The van der Waals surface area contributed by atoms with E-state index >= 15 is 0 Å². The predicted octanol–water partition coefficient (Wildman–Crippen LogP) is 3.18. The molecule has 1 aromatic heterocycles. The first-order valence-corrected chi connectivity index (χ1v) is 7.84. The van der Waals surface area contributed by atoms with Gasteiger partial charge in [-0.1, -0.05) is 19.9 Å². The van der Waals surface area contributed by atoms with Crippen LogP contribution in [0.25, 0.3) is 0 Å². The summed E-state index contributed by atoms with van der Waals surface area (Å²) in [5.41, 5.74) is 6.49. The quantitative estimate of drug-likeness (QED) is 0.924. The molecule has 2 N–H and O–H groups in total. The number of amides is 1. The maximum absolute atomic E-state index is 12.4. The lowest BCUT2D eigenvalue weighted by atomic mass is 9.75. The lowest BCUT2D eigenvalue weighted by Gasteiger charge is -2.39. The van der Waals surface area contributed by atoms with Gasteiger partial charge in [0.05, 0.1) is 0 Å². The van der Waals surface area contributed by atoms with Crippen molar-refractivity contribution in [2.75, 3.05) is 7.05 Å². The number of nitrogens with two attached hydrogens (primary N) is 1. The number of nitrogens with zero attached hydrogens (tertiary/aromatic N) is 1. The second-order valence-electron chi connectivity index (χ2n) is 6.34. The molecule has 1 atom stereocenters. The first kappa shape index (κ1) is 14.5. The number of carbonyl (C=O) groups excluding carboxylic acids is 1. The molecule has 0 bridgehead atoms. The van der Waals surface area contributed by atoms with Gasteiger partial charge in [0.25, 0.3) is 0 Å². The smallest absolute Gasteiger partial charge is 0.244 e. The van der Waals surface area contributed by atoms with Crippen molar-refractivity contribution >= 4 is 17.2 Å². The predicted molar refractivity (Wildman–Crippen MR) is 80.1 cm³/mol. The Morgan fingerprint density at radius 2 is 2.11 bits per heavy atom. The van der Waals surface area contributed by atoms with Gasteiger partial charge in [-0.25, -0.2) is 0 Å². The number of rotatable bonds is 3. The maximum Gasteiger partial charge on any atom is 0.244 e. The molecular weight excluding hydrogens is 256 g/mol. The molecule has 3 nitrogen and oxygen atoms in total.